The molecule has 8 heteroatoms. The summed E-state index contributed by atoms with van der Waals surface area (Å²) in [5.41, 5.74) is 7.86. The number of hydrogen-bond donors (Lipinski definition) is 3. The summed E-state index contributed by atoms with van der Waals surface area (Å²) < 4.78 is 0. The van der Waals surface area contributed by atoms with Crippen LogP contribution in [0.5, 0.6) is 0 Å². The van der Waals surface area contributed by atoms with E-state index in [9.17, 15) is 4.79 Å². The number of fused-ring (bicyclic) bond motifs is 1. The molecule has 22 heavy (non-hydrogen) atoms. The molecule has 0 unspecified atom stereocenters. The van der Waals surface area contributed by atoms with Gasteiger partial charge in [0, 0.05) is 18.6 Å². The zero-order valence-electron chi connectivity index (χ0n) is 12.2. The van der Waals surface area contributed by atoms with Crippen molar-refractivity contribution in [2.24, 2.45) is 5.73 Å². The zero-order valence-corrected chi connectivity index (χ0v) is 14.7. The van der Waals surface area contributed by atoms with Crippen molar-refractivity contribution in [3.63, 3.8) is 0 Å². The molecule has 0 saturated heterocycles. The van der Waals surface area contributed by atoms with E-state index >= 15 is 0 Å². The zero-order chi connectivity index (χ0) is 13.9. The Morgan fingerprint density at radius 1 is 1.27 bits per heavy atom. The van der Waals surface area contributed by atoms with E-state index in [1.807, 2.05) is 12.1 Å². The fourth-order valence-electron chi connectivity index (χ4n) is 2.67. The molecule has 1 saturated carbocycles. The molecule has 2 heterocycles. The van der Waals surface area contributed by atoms with Crippen LogP contribution in [0.4, 0.5) is 5.69 Å². The van der Waals surface area contributed by atoms with Gasteiger partial charge in [-0.1, -0.05) is 0 Å². The number of nitrogens with zero attached hydrogens (tertiary/aromatic N) is 1. The summed E-state index contributed by atoms with van der Waals surface area (Å²) in [6, 6.07) is 4.95. The quantitative estimate of drug-likeness (QED) is 0.763. The summed E-state index contributed by atoms with van der Waals surface area (Å²) in [5.74, 6) is 0. The molecule has 0 aromatic carbocycles. The van der Waals surface area contributed by atoms with Crippen LogP contribution in [0, 0.1) is 0 Å². The molecule has 1 aliphatic heterocycles. The minimum atomic E-state index is 0. The number of nitrogens with two attached hydrogens (primary N) is 1. The Hall–Kier alpha value is -0.530. The number of rotatable bonds is 3. The molecule has 0 amide bonds. The number of carbonyl (C=O) groups excluding carboxylic acids is 1. The average Bonchev–Trinajstić information content (AvgIpc) is 2.46. The van der Waals surface area contributed by atoms with Gasteiger partial charge in [0.1, 0.15) is 5.03 Å². The van der Waals surface area contributed by atoms with Crippen LogP contribution in [0.25, 0.3) is 0 Å². The van der Waals surface area contributed by atoms with Crippen molar-refractivity contribution in [3.8, 4) is 0 Å². The fraction of sp³-hybridized carbons (Fsp3) is 0.571. The van der Waals surface area contributed by atoms with E-state index < -0.39 is 0 Å². The predicted octanol–water partition coefficient (Wildman–Crippen LogP) is 2.33. The van der Waals surface area contributed by atoms with E-state index in [0.717, 1.165) is 48.6 Å². The highest BCUT2D eigenvalue weighted by Crippen LogP contribution is 2.29. The molecule has 1 aliphatic carbocycles. The molecule has 0 atom stereocenters. The third-order valence-corrected chi connectivity index (χ3v) is 4.77. The lowest BCUT2D eigenvalue weighted by atomic mass is 9.92. The second-order valence-corrected chi connectivity index (χ2v) is 6.52. The number of anilines is 1. The van der Waals surface area contributed by atoms with Gasteiger partial charge >= 0.3 is 0 Å². The minimum absolute atomic E-state index is 0. The molecule has 5 nitrogen and oxygen atoms in total. The maximum atomic E-state index is 11.4. The monoisotopic (exact) mass is 364 g/mol. The highest BCUT2D eigenvalue weighted by atomic mass is 35.5. The number of nitrogens with one attached hydrogen (secondary N) is 2. The fourth-order valence-corrected chi connectivity index (χ4v) is 3.45. The molecular formula is C14H22Cl2N4OS. The molecule has 0 bridgehead atoms. The molecular weight excluding hydrogens is 343 g/mol. The van der Waals surface area contributed by atoms with Crippen LogP contribution in [0.3, 0.4) is 0 Å². The van der Waals surface area contributed by atoms with E-state index in [-0.39, 0.29) is 29.9 Å². The molecule has 1 aromatic rings. The summed E-state index contributed by atoms with van der Waals surface area (Å²) in [6.45, 7) is 1.14. The highest BCUT2D eigenvalue weighted by molar-refractivity contribution is 8.13. The molecule has 0 radical (unpaired) electrons. The summed E-state index contributed by atoms with van der Waals surface area (Å²) >= 11 is 1.23. The van der Waals surface area contributed by atoms with Gasteiger partial charge in [-0.15, -0.1) is 24.8 Å². The van der Waals surface area contributed by atoms with Gasteiger partial charge in [0.15, 0.2) is 0 Å². The summed E-state index contributed by atoms with van der Waals surface area (Å²) in [7, 11) is 0. The summed E-state index contributed by atoms with van der Waals surface area (Å²) in [4.78, 5) is 16.0. The predicted molar refractivity (Wildman–Crippen MR) is 95.2 cm³/mol. The normalized spacial score (nSPS) is 23.6. The van der Waals surface area contributed by atoms with Gasteiger partial charge in [0.05, 0.1) is 17.9 Å². The van der Waals surface area contributed by atoms with E-state index in [0.29, 0.717) is 18.6 Å². The number of pyridine rings is 1. The first-order valence-corrected chi connectivity index (χ1v) is 7.96. The minimum Gasteiger partial charge on any atom is -0.375 e. The maximum Gasteiger partial charge on any atom is 0.214 e. The van der Waals surface area contributed by atoms with Crippen molar-refractivity contribution in [2.45, 2.75) is 49.3 Å². The van der Waals surface area contributed by atoms with Crippen LogP contribution in [0.2, 0.25) is 0 Å². The number of aromatic nitrogens is 1. The van der Waals surface area contributed by atoms with Crippen molar-refractivity contribution >= 4 is 47.4 Å². The summed E-state index contributed by atoms with van der Waals surface area (Å²) in [6.07, 6.45) is 4.48. The number of thioether (sulfide) groups is 1. The topological polar surface area (TPSA) is 80.0 Å². The van der Waals surface area contributed by atoms with Crippen LogP contribution in [0.15, 0.2) is 17.2 Å². The first-order valence-electron chi connectivity index (χ1n) is 7.14. The van der Waals surface area contributed by atoms with Gasteiger partial charge in [0.25, 0.3) is 0 Å². The van der Waals surface area contributed by atoms with Gasteiger partial charge in [-0.3, -0.25) is 4.79 Å². The second kappa shape index (κ2) is 8.93. The summed E-state index contributed by atoms with van der Waals surface area (Å²) in [5, 5.41) is 7.55. The highest BCUT2D eigenvalue weighted by Gasteiger charge is 2.19. The number of hydrogen-bond acceptors (Lipinski definition) is 6. The maximum absolute atomic E-state index is 11.4. The smallest absolute Gasteiger partial charge is 0.214 e. The Bertz CT molecular complexity index is 510. The Morgan fingerprint density at radius 2 is 2.00 bits per heavy atom. The number of halogens is 2. The third kappa shape index (κ3) is 4.99. The van der Waals surface area contributed by atoms with Gasteiger partial charge in [-0.2, -0.15) is 0 Å². The Balaban J connectivity index is 0.00000121. The average molecular weight is 365 g/mol. The van der Waals surface area contributed by atoms with Crippen molar-refractivity contribution < 1.29 is 4.79 Å². The Morgan fingerprint density at radius 3 is 2.73 bits per heavy atom. The molecule has 124 valence electrons. The van der Waals surface area contributed by atoms with Gasteiger partial charge in [0.2, 0.25) is 5.12 Å². The van der Waals surface area contributed by atoms with Gasteiger partial charge < -0.3 is 16.4 Å². The van der Waals surface area contributed by atoms with Crippen molar-refractivity contribution in [2.75, 3.05) is 11.9 Å². The molecule has 1 aromatic heterocycles. The van der Waals surface area contributed by atoms with Gasteiger partial charge in [-0.25, -0.2) is 4.98 Å². The molecule has 3 rings (SSSR count). The van der Waals surface area contributed by atoms with E-state index in [1.54, 1.807) is 0 Å². The van der Waals surface area contributed by atoms with Crippen LogP contribution in [-0.4, -0.2) is 28.7 Å². The molecule has 2 aliphatic rings. The molecule has 1 fully saturated rings. The standard InChI is InChI=1S/C14H20N4OS.2ClH/c15-9-1-3-10(4-2-9)16-7-11-5-6-12-14(18-11)20-13(19)8-17-12;;/h5-6,9-10,16-17H,1-4,7-8,15H2;2*1H/t9-,10-;;. The van der Waals surface area contributed by atoms with E-state index in [1.165, 1.54) is 11.8 Å². The lowest BCUT2D eigenvalue weighted by molar-refractivity contribution is -0.109. The van der Waals surface area contributed by atoms with Gasteiger partial charge in [-0.05, 0) is 49.6 Å². The van der Waals surface area contributed by atoms with Crippen LogP contribution in [-0.2, 0) is 11.3 Å². The molecule has 4 N–H and O–H groups in total. The lowest BCUT2D eigenvalue weighted by Crippen LogP contribution is -2.37. The van der Waals surface area contributed by atoms with E-state index in [2.05, 4.69) is 15.6 Å². The Labute approximate surface area is 147 Å². The van der Waals surface area contributed by atoms with Crippen molar-refractivity contribution in [1.82, 2.24) is 10.3 Å². The van der Waals surface area contributed by atoms with Crippen molar-refractivity contribution in [3.05, 3.63) is 17.8 Å². The first-order chi connectivity index (χ1) is 9.70. The SMILES string of the molecule is Cl.Cl.N[C@H]1CC[C@H](NCc2ccc3c(n2)SC(=O)CN3)CC1. The van der Waals surface area contributed by atoms with Crippen LogP contribution < -0.4 is 16.4 Å². The van der Waals surface area contributed by atoms with Crippen molar-refractivity contribution in [1.29, 1.82) is 0 Å². The number of carbonyl (C=O) groups is 1. The Kier molecular flexibility index (Phi) is 7.93. The lowest BCUT2D eigenvalue weighted by Gasteiger charge is -2.27. The van der Waals surface area contributed by atoms with Crippen LogP contribution in [0.1, 0.15) is 31.4 Å². The first kappa shape index (κ1) is 19.5. The largest absolute Gasteiger partial charge is 0.375 e. The van der Waals surface area contributed by atoms with E-state index in [4.69, 9.17) is 5.73 Å². The third-order valence-electron chi connectivity index (χ3n) is 3.90. The molecule has 0 spiro atoms. The second-order valence-electron chi connectivity index (χ2n) is 5.48. The van der Waals surface area contributed by atoms with Crippen LogP contribution >= 0.6 is 36.6 Å².